The van der Waals surface area contributed by atoms with E-state index in [-0.39, 0.29) is 11.9 Å². The molecule has 0 aliphatic heterocycles. The van der Waals surface area contributed by atoms with Crippen molar-refractivity contribution in [2.45, 2.75) is 19.9 Å². The van der Waals surface area contributed by atoms with Gasteiger partial charge >= 0.3 is 0 Å². The minimum Gasteiger partial charge on any atom is -0.346 e. The lowest BCUT2D eigenvalue weighted by Crippen LogP contribution is -2.24. The standard InChI is InChI=1S/C12H15NO/c1-4-12(14)13-10(3)11-7-5-6-9(2)8-11/h4-8,10H,1H2,2-3H3,(H,13,14)/t10-/m0/s1. The molecule has 0 spiro atoms. The van der Waals surface area contributed by atoms with E-state index in [1.165, 1.54) is 11.6 Å². The first kappa shape index (κ1) is 10.5. The summed E-state index contributed by atoms with van der Waals surface area (Å²) in [6.07, 6.45) is 1.28. The zero-order valence-electron chi connectivity index (χ0n) is 8.58. The fraction of sp³-hybridized carbons (Fsp3) is 0.250. The predicted octanol–water partition coefficient (Wildman–Crippen LogP) is 2.36. The number of rotatable bonds is 3. The highest BCUT2D eigenvalue weighted by Gasteiger charge is 2.06. The van der Waals surface area contributed by atoms with E-state index in [0.717, 1.165) is 5.56 Å². The molecule has 0 unspecified atom stereocenters. The molecule has 1 N–H and O–H groups in total. The molecule has 0 saturated carbocycles. The van der Waals surface area contributed by atoms with Gasteiger partial charge in [0.1, 0.15) is 0 Å². The zero-order chi connectivity index (χ0) is 10.6. The van der Waals surface area contributed by atoms with Crippen LogP contribution in [-0.2, 0) is 4.79 Å². The molecule has 0 fully saturated rings. The van der Waals surface area contributed by atoms with Gasteiger partial charge in [0.15, 0.2) is 0 Å². The molecule has 1 rings (SSSR count). The summed E-state index contributed by atoms with van der Waals surface area (Å²) in [5, 5.41) is 2.82. The van der Waals surface area contributed by atoms with Crippen LogP contribution in [0.25, 0.3) is 0 Å². The summed E-state index contributed by atoms with van der Waals surface area (Å²) < 4.78 is 0. The number of amides is 1. The van der Waals surface area contributed by atoms with Crippen LogP contribution in [0.1, 0.15) is 24.1 Å². The normalized spacial score (nSPS) is 11.9. The second kappa shape index (κ2) is 4.61. The van der Waals surface area contributed by atoms with E-state index in [1.54, 1.807) is 0 Å². The molecule has 1 atom stereocenters. The molecule has 2 nitrogen and oxygen atoms in total. The minimum atomic E-state index is -0.140. The zero-order valence-corrected chi connectivity index (χ0v) is 8.58. The fourth-order valence-corrected chi connectivity index (χ4v) is 1.30. The first-order chi connectivity index (χ1) is 6.63. The summed E-state index contributed by atoms with van der Waals surface area (Å²) in [5.74, 6) is -0.140. The van der Waals surface area contributed by atoms with Gasteiger partial charge in [-0.25, -0.2) is 0 Å². The van der Waals surface area contributed by atoms with Crippen molar-refractivity contribution in [1.29, 1.82) is 0 Å². The molecule has 2 heteroatoms. The maximum atomic E-state index is 11.1. The summed E-state index contributed by atoms with van der Waals surface area (Å²) in [7, 11) is 0. The van der Waals surface area contributed by atoms with Gasteiger partial charge in [-0.3, -0.25) is 4.79 Å². The van der Waals surface area contributed by atoms with Crippen molar-refractivity contribution in [1.82, 2.24) is 5.32 Å². The Hall–Kier alpha value is -1.57. The van der Waals surface area contributed by atoms with Gasteiger partial charge in [0.25, 0.3) is 0 Å². The lowest BCUT2D eigenvalue weighted by Gasteiger charge is -2.13. The van der Waals surface area contributed by atoms with Crippen molar-refractivity contribution in [2.24, 2.45) is 0 Å². The van der Waals surface area contributed by atoms with Crippen LogP contribution < -0.4 is 5.32 Å². The van der Waals surface area contributed by atoms with Crippen molar-refractivity contribution in [3.63, 3.8) is 0 Å². The highest BCUT2D eigenvalue weighted by atomic mass is 16.1. The molecule has 74 valence electrons. The second-order valence-corrected chi connectivity index (χ2v) is 3.35. The highest BCUT2D eigenvalue weighted by molar-refractivity contribution is 5.87. The SMILES string of the molecule is C=CC(=O)N[C@@H](C)c1cccc(C)c1. The van der Waals surface area contributed by atoms with Gasteiger partial charge in [-0.1, -0.05) is 36.4 Å². The third kappa shape index (κ3) is 2.73. The Morgan fingerprint density at radius 2 is 2.29 bits per heavy atom. The molecule has 0 radical (unpaired) electrons. The Bertz CT molecular complexity index is 344. The molecule has 0 aromatic heterocycles. The van der Waals surface area contributed by atoms with Crippen molar-refractivity contribution in [2.75, 3.05) is 0 Å². The van der Waals surface area contributed by atoms with E-state index in [1.807, 2.05) is 32.0 Å². The van der Waals surface area contributed by atoms with Gasteiger partial charge in [0.2, 0.25) is 5.91 Å². The van der Waals surface area contributed by atoms with E-state index in [0.29, 0.717) is 0 Å². The smallest absolute Gasteiger partial charge is 0.243 e. The first-order valence-electron chi connectivity index (χ1n) is 4.63. The van der Waals surface area contributed by atoms with Crippen molar-refractivity contribution < 1.29 is 4.79 Å². The van der Waals surface area contributed by atoms with Gasteiger partial charge < -0.3 is 5.32 Å². The van der Waals surface area contributed by atoms with Crippen molar-refractivity contribution in [3.8, 4) is 0 Å². The van der Waals surface area contributed by atoms with E-state index in [2.05, 4.69) is 18.0 Å². The Labute approximate surface area is 84.6 Å². The minimum absolute atomic E-state index is 0.0281. The van der Waals surface area contributed by atoms with Gasteiger partial charge in [0, 0.05) is 0 Å². The largest absolute Gasteiger partial charge is 0.346 e. The van der Waals surface area contributed by atoms with Gasteiger partial charge in [0.05, 0.1) is 6.04 Å². The van der Waals surface area contributed by atoms with Gasteiger partial charge in [-0.05, 0) is 25.5 Å². The lowest BCUT2D eigenvalue weighted by atomic mass is 10.1. The van der Waals surface area contributed by atoms with Crippen LogP contribution in [0.5, 0.6) is 0 Å². The predicted molar refractivity (Wildman–Crippen MR) is 57.9 cm³/mol. The van der Waals surface area contributed by atoms with Crippen LogP contribution in [0, 0.1) is 6.92 Å². The van der Waals surface area contributed by atoms with E-state index in [4.69, 9.17) is 0 Å². The van der Waals surface area contributed by atoms with Crippen LogP contribution in [0.4, 0.5) is 0 Å². The third-order valence-corrected chi connectivity index (χ3v) is 2.09. The number of aryl methyl sites for hydroxylation is 1. The molecular weight excluding hydrogens is 174 g/mol. The monoisotopic (exact) mass is 189 g/mol. The maximum Gasteiger partial charge on any atom is 0.243 e. The average molecular weight is 189 g/mol. The summed E-state index contributed by atoms with van der Waals surface area (Å²) >= 11 is 0. The molecule has 0 aliphatic rings. The Morgan fingerprint density at radius 3 is 2.86 bits per heavy atom. The molecule has 0 aliphatic carbocycles. The molecule has 0 saturated heterocycles. The van der Waals surface area contributed by atoms with Gasteiger partial charge in [-0.15, -0.1) is 0 Å². The summed E-state index contributed by atoms with van der Waals surface area (Å²) in [5.41, 5.74) is 2.31. The summed E-state index contributed by atoms with van der Waals surface area (Å²) in [6, 6.07) is 8.11. The average Bonchev–Trinajstić information content (AvgIpc) is 2.17. The molecule has 1 aromatic rings. The van der Waals surface area contributed by atoms with Crippen LogP contribution in [0.2, 0.25) is 0 Å². The van der Waals surface area contributed by atoms with Crippen molar-refractivity contribution in [3.05, 3.63) is 48.0 Å². The van der Waals surface area contributed by atoms with E-state index < -0.39 is 0 Å². The van der Waals surface area contributed by atoms with Crippen LogP contribution in [0.15, 0.2) is 36.9 Å². The fourth-order valence-electron chi connectivity index (χ4n) is 1.30. The Balaban J connectivity index is 2.74. The summed E-state index contributed by atoms with van der Waals surface area (Å²) in [6.45, 7) is 7.40. The Morgan fingerprint density at radius 1 is 1.57 bits per heavy atom. The maximum absolute atomic E-state index is 11.1. The van der Waals surface area contributed by atoms with E-state index >= 15 is 0 Å². The molecule has 1 aromatic carbocycles. The number of nitrogens with one attached hydrogen (secondary N) is 1. The molecular formula is C12H15NO. The van der Waals surface area contributed by atoms with Crippen LogP contribution in [-0.4, -0.2) is 5.91 Å². The number of benzene rings is 1. The molecule has 0 bridgehead atoms. The first-order valence-corrected chi connectivity index (χ1v) is 4.63. The number of carbonyl (C=O) groups excluding carboxylic acids is 1. The van der Waals surface area contributed by atoms with Crippen LogP contribution in [0.3, 0.4) is 0 Å². The van der Waals surface area contributed by atoms with Crippen molar-refractivity contribution >= 4 is 5.91 Å². The Kier molecular flexibility index (Phi) is 3.46. The molecule has 0 heterocycles. The third-order valence-electron chi connectivity index (χ3n) is 2.09. The number of carbonyl (C=O) groups is 1. The molecule has 14 heavy (non-hydrogen) atoms. The highest BCUT2D eigenvalue weighted by Crippen LogP contribution is 2.13. The summed E-state index contributed by atoms with van der Waals surface area (Å²) in [4.78, 5) is 11.1. The van der Waals surface area contributed by atoms with Gasteiger partial charge in [-0.2, -0.15) is 0 Å². The number of hydrogen-bond donors (Lipinski definition) is 1. The van der Waals surface area contributed by atoms with Crippen LogP contribution >= 0.6 is 0 Å². The second-order valence-electron chi connectivity index (χ2n) is 3.35. The number of hydrogen-bond acceptors (Lipinski definition) is 1. The quantitative estimate of drug-likeness (QED) is 0.726. The molecule has 1 amide bonds. The van der Waals surface area contributed by atoms with E-state index in [9.17, 15) is 4.79 Å². The topological polar surface area (TPSA) is 29.1 Å². The lowest BCUT2D eigenvalue weighted by molar-refractivity contribution is -0.117.